The molecule has 2 heterocycles. The van der Waals surface area contributed by atoms with Gasteiger partial charge < -0.3 is 14.8 Å². The topological polar surface area (TPSA) is 99.5 Å². The summed E-state index contributed by atoms with van der Waals surface area (Å²) in [4.78, 5) is 44.0. The number of aryl methyl sites for hydroxylation is 1. The Balaban J connectivity index is 1.54. The number of carbonyl (C=O) groups excluding carboxylic acids is 2. The number of hydrogen-bond acceptors (Lipinski definition) is 7. The number of anilines is 1. The van der Waals surface area contributed by atoms with Crippen molar-refractivity contribution in [1.29, 1.82) is 0 Å². The fourth-order valence-electron chi connectivity index (χ4n) is 3.81. The summed E-state index contributed by atoms with van der Waals surface area (Å²) in [6, 6.07) is 14.0. The monoisotopic (exact) mass is 505 g/mol. The molecule has 4 aromatic rings. The third kappa shape index (κ3) is 5.46. The number of rotatable bonds is 9. The SMILES string of the molecule is CCCOC(=O)c1ccc(NC(=O)Cn2cnc3sc(C)c(-c4ccc(OCC)cc4)c3c2=O)cc1. The van der Waals surface area contributed by atoms with E-state index in [1.807, 2.05) is 45.0 Å². The number of ether oxygens (including phenoxy) is 2. The lowest BCUT2D eigenvalue weighted by atomic mass is 10.0. The van der Waals surface area contributed by atoms with Crippen molar-refractivity contribution in [3.63, 3.8) is 0 Å². The highest BCUT2D eigenvalue weighted by Crippen LogP contribution is 2.36. The van der Waals surface area contributed by atoms with Gasteiger partial charge in [0.05, 0.1) is 30.5 Å². The van der Waals surface area contributed by atoms with Gasteiger partial charge in [-0.25, -0.2) is 9.78 Å². The Morgan fingerprint density at radius 1 is 1.06 bits per heavy atom. The molecule has 9 heteroatoms. The fraction of sp³-hybridized carbons (Fsp3) is 0.259. The van der Waals surface area contributed by atoms with E-state index in [4.69, 9.17) is 9.47 Å². The fourth-order valence-corrected chi connectivity index (χ4v) is 4.81. The predicted octanol–water partition coefficient (Wildman–Crippen LogP) is 5.04. The van der Waals surface area contributed by atoms with Crippen LogP contribution in [0, 0.1) is 6.92 Å². The number of hydrogen-bond donors (Lipinski definition) is 1. The van der Waals surface area contributed by atoms with Gasteiger partial charge in [0.25, 0.3) is 5.56 Å². The highest BCUT2D eigenvalue weighted by atomic mass is 32.1. The van der Waals surface area contributed by atoms with Gasteiger partial charge >= 0.3 is 5.97 Å². The Kier molecular flexibility index (Phi) is 7.80. The first-order valence-electron chi connectivity index (χ1n) is 11.7. The van der Waals surface area contributed by atoms with Gasteiger partial charge in [-0.3, -0.25) is 14.2 Å². The molecule has 36 heavy (non-hydrogen) atoms. The van der Waals surface area contributed by atoms with Crippen LogP contribution < -0.4 is 15.6 Å². The van der Waals surface area contributed by atoms with Crippen molar-refractivity contribution in [1.82, 2.24) is 9.55 Å². The second-order valence-corrected chi connectivity index (χ2v) is 9.31. The molecular weight excluding hydrogens is 478 g/mol. The van der Waals surface area contributed by atoms with Gasteiger partial charge in [-0.05, 0) is 62.2 Å². The molecule has 0 saturated heterocycles. The average Bonchev–Trinajstić information content (AvgIpc) is 3.22. The van der Waals surface area contributed by atoms with Gasteiger partial charge in [0.15, 0.2) is 0 Å². The molecule has 0 radical (unpaired) electrons. The molecule has 0 aliphatic carbocycles. The van der Waals surface area contributed by atoms with Crippen molar-refractivity contribution < 1.29 is 19.1 Å². The molecule has 8 nitrogen and oxygen atoms in total. The highest BCUT2D eigenvalue weighted by molar-refractivity contribution is 7.19. The normalized spacial score (nSPS) is 10.9. The summed E-state index contributed by atoms with van der Waals surface area (Å²) >= 11 is 1.45. The molecule has 0 spiro atoms. The summed E-state index contributed by atoms with van der Waals surface area (Å²) in [6.45, 7) is 6.54. The lowest BCUT2D eigenvalue weighted by Gasteiger charge is -2.09. The number of thiophene rings is 1. The first-order chi connectivity index (χ1) is 17.4. The maximum Gasteiger partial charge on any atom is 0.338 e. The first-order valence-corrected chi connectivity index (χ1v) is 12.5. The summed E-state index contributed by atoms with van der Waals surface area (Å²) in [7, 11) is 0. The quantitative estimate of drug-likeness (QED) is 0.320. The van der Waals surface area contributed by atoms with Gasteiger partial charge in [0, 0.05) is 16.1 Å². The van der Waals surface area contributed by atoms with Gasteiger partial charge in [-0.2, -0.15) is 0 Å². The van der Waals surface area contributed by atoms with E-state index in [0.717, 1.165) is 28.2 Å². The number of amides is 1. The first kappa shape index (κ1) is 25.1. The van der Waals surface area contributed by atoms with Crippen molar-refractivity contribution in [3.8, 4) is 16.9 Å². The predicted molar refractivity (Wildman–Crippen MR) is 141 cm³/mol. The molecule has 0 saturated carbocycles. The molecule has 0 aliphatic rings. The summed E-state index contributed by atoms with van der Waals surface area (Å²) < 4.78 is 11.9. The van der Waals surface area contributed by atoms with E-state index in [-0.39, 0.29) is 18.0 Å². The summed E-state index contributed by atoms with van der Waals surface area (Å²) in [5.41, 5.74) is 2.34. The third-order valence-corrected chi connectivity index (χ3v) is 6.48. The molecule has 4 rings (SSSR count). The lowest BCUT2D eigenvalue weighted by molar-refractivity contribution is -0.116. The minimum atomic E-state index is -0.407. The molecule has 0 bridgehead atoms. The molecule has 0 aliphatic heterocycles. The van der Waals surface area contributed by atoms with Crippen LogP contribution in [0.5, 0.6) is 5.75 Å². The van der Waals surface area contributed by atoms with Crippen LogP contribution in [0.2, 0.25) is 0 Å². The van der Waals surface area contributed by atoms with Gasteiger partial charge in [0.1, 0.15) is 17.1 Å². The third-order valence-electron chi connectivity index (χ3n) is 5.46. The van der Waals surface area contributed by atoms with Gasteiger partial charge in [-0.1, -0.05) is 19.1 Å². The summed E-state index contributed by atoms with van der Waals surface area (Å²) in [5, 5.41) is 3.25. The number of benzene rings is 2. The Labute approximate surface area is 212 Å². The number of nitrogens with one attached hydrogen (secondary N) is 1. The van der Waals surface area contributed by atoms with Gasteiger partial charge in [0.2, 0.25) is 5.91 Å². The Hall–Kier alpha value is -3.98. The van der Waals surface area contributed by atoms with E-state index < -0.39 is 5.97 Å². The van der Waals surface area contributed by atoms with Crippen LogP contribution in [-0.2, 0) is 16.1 Å². The van der Waals surface area contributed by atoms with E-state index in [9.17, 15) is 14.4 Å². The number of fused-ring (bicyclic) bond motifs is 1. The second-order valence-electron chi connectivity index (χ2n) is 8.11. The Morgan fingerprint density at radius 3 is 2.44 bits per heavy atom. The van der Waals surface area contributed by atoms with Crippen LogP contribution in [0.25, 0.3) is 21.3 Å². The molecule has 1 N–H and O–H groups in total. The minimum Gasteiger partial charge on any atom is -0.494 e. The van der Waals surface area contributed by atoms with Gasteiger partial charge in [-0.15, -0.1) is 11.3 Å². The molecule has 0 unspecified atom stereocenters. The standard InChI is InChI=1S/C27H27N3O5S/c1-4-14-35-27(33)19-6-10-20(11-7-19)29-22(31)15-30-16-28-25-24(26(30)32)23(17(3)36-25)18-8-12-21(13-9-18)34-5-2/h6-13,16H,4-5,14-15H2,1-3H3,(H,29,31). The zero-order valence-corrected chi connectivity index (χ0v) is 21.2. The maximum atomic E-state index is 13.4. The Morgan fingerprint density at radius 2 is 1.78 bits per heavy atom. The largest absolute Gasteiger partial charge is 0.494 e. The molecule has 1 amide bonds. The van der Waals surface area contributed by atoms with Crippen molar-refractivity contribution in [2.24, 2.45) is 0 Å². The molecule has 0 atom stereocenters. The number of aromatic nitrogens is 2. The van der Waals surface area contributed by atoms with Crippen LogP contribution in [-0.4, -0.2) is 34.6 Å². The average molecular weight is 506 g/mol. The van der Waals surface area contributed by atoms with Crippen LogP contribution in [0.3, 0.4) is 0 Å². The summed E-state index contributed by atoms with van der Waals surface area (Å²) in [5.74, 6) is -0.0271. The van der Waals surface area contributed by atoms with Crippen molar-refractivity contribution >= 4 is 39.1 Å². The van der Waals surface area contributed by atoms with E-state index in [2.05, 4.69) is 10.3 Å². The van der Waals surface area contributed by atoms with E-state index in [1.165, 1.54) is 22.2 Å². The highest BCUT2D eigenvalue weighted by Gasteiger charge is 2.18. The number of carbonyl (C=O) groups is 2. The van der Waals surface area contributed by atoms with Crippen LogP contribution >= 0.6 is 11.3 Å². The van der Waals surface area contributed by atoms with E-state index >= 15 is 0 Å². The van der Waals surface area contributed by atoms with E-state index in [0.29, 0.717) is 34.7 Å². The summed E-state index contributed by atoms with van der Waals surface area (Å²) in [6.07, 6.45) is 2.14. The molecular formula is C27H27N3O5S. The zero-order valence-electron chi connectivity index (χ0n) is 20.4. The van der Waals surface area contributed by atoms with Crippen LogP contribution in [0.15, 0.2) is 59.7 Å². The molecule has 186 valence electrons. The minimum absolute atomic E-state index is 0.195. The Bertz CT molecular complexity index is 1440. The number of esters is 1. The van der Waals surface area contributed by atoms with Crippen molar-refractivity contribution in [2.75, 3.05) is 18.5 Å². The van der Waals surface area contributed by atoms with Crippen LogP contribution in [0.4, 0.5) is 5.69 Å². The molecule has 2 aromatic carbocycles. The second kappa shape index (κ2) is 11.2. The van der Waals surface area contributed by atoms with Crippen molar-refractivity contribution in [3.05, 3.63) is 75.7 Å². The van der Waals surface area contributed by atoms with Crippen molar-refractivity contribution in [2.45, 2.75) is 33.7 Å². The van der Waals surface area contributed by atoms with Crippen LogP contribution in [0.1, 0.15) is 35.5 Å². The molecule has 0 fully saturated rings. The maximum absolute atomic E-state index is 13.4. The van der Waals surface area contributed by atoms with E-state index in [1.54, 1.807) is 24.3 Å². The molecule has 2 aromatic heterocycles. The number of nitrogens with zero attached hydrogens (tertiary/aromatic N) is 2. The smallest absolute Gasteiger partial charge is 0.338 e. The zero-order chi connectivity index (χ0) is 25.7. The lowest BCUT2D eigenvalue weighted by Crippen LogP contribution is -2.27.